The van der Waals surface area contributed by atoms with E-state index in [-0.39, 0.29) is 76.6 Å². The van der Waals surface area contributed by atoms with Gasteiger partial charge < -0.3 is 0 Å². The molecule has 0 aromatic carbocycles. The fourth-order valence-electron chi connectivity index (χ4n) is 0. The molecule has 0 aromatic heterocycles. The molecule has 0 aliphatic carbocycles. The van der Waals surface area contributed by atoms with Gasteiger partial charge >= 0.3 is 0 Å². The Kier molecular flexibility index (Phi) is 215. The van der Waals surface area contributed by atoms with E-state index < -0.39 is 0 Å². The molecule has 0 aliphatic rings. The van der Waals surface area contributed by atoms with Gasteiger partial charge in [0.2, 0.25) is 0 Å². The van der Waals surface area contributed by atoms with Crippen LogP contribution in [-0.4, -0.2) is 76.6 Å². The Hall–Kier alpha value is 1.83. The van der Waals surface area contributed by atoms with E-state index in [1.165, 1.54) is 0 Å². The van der Waals surface area contributed by atoms with Crippen LogP contribution in [-0.2, 0) is 0 Å². The molecule has 0 N–H and O–H groups in total. The molecule has 0 fully saturated rings. The molecular weight excluding hydrogens is 71.5 g/mol. The van der Waals surface area contributed by atoms with Crippen LogP contribution in [0.3, 0.4) is 0 Å². The average Bonchev–Trinajstić information content (AvgIpc) is 0. The third kappa shape index (κ3) is 9.16. The van der Waals surface area contributed by atoms with E-state index in [0.29, 0.717) is 0 Å². The van der Waals surface area contributed by atoms with Crippen LogP contribution in [0.15, 0.2) is 0 Å². The molecule has 4 heteroatoms. The average molecular weight is 80.6 g/mol. The van der Waals surface area contributed by atoms with Crippen molar-refractivity contribution in [3.63, 3.8) is 0 Å². The van der Waals surface area contributed by atoms with Crippen molar-refractivity contribution in [1.82, 2.24) is 0 Å². The van der Waals surface area contributed by atoms with Gasteiger partial charge in [0.05, 0.1) is 25.2 Å². The van der Waals surface area contributed by atoms with Gasteiger partial charge in [0.1, 0.15) is 0 Å². The summed E-state index contributed by atoms with van der Waals surface area (Å²) >= 11 is 0. The maximum atomic E-state index is 0. The smallest absolute Gasteiger partial charge is 0 e. The molecule has 0 atom stereocenters. The van der Waals surface area contributed by atoms with Crippen LogP contribution in [0.2, 0.25) is 0 Å². The van der Waals surface area contributed by atoms with E-state index in [0.717, 1.165) is 0 Å². The SMILES string of the molecule is B.B.B.[K]. The molecule has 19 valence electrons. The summed E-state index contributed by atoms with van der Waals surface area (Å²) in [5, 5.41) is 0. The van der Waals surface area contributed by atoms with E-state index in [2.05, 4.69) is 0 Å². The van der Waals surface area contributed by atoms with Crippen molar-refractivity contribution in [2.45, 2.75) is 0 Å². The van der Waals surface area contributed by atoms with Gasteiger partial charge in [-0.15, -0.1) is 0 Å². The van der Waals surface area contributed by atoms with Crippen molar-refractivity contribution in [1.29, 1.82) is 0 Å². The zero-order chi connectivity index (χ0) is 0. The quantitative estimate of drug-likeness (QED) is 0.261. The van der Waals surface area contributed by atoms with Crippen LogP contribution in [0.25, 0.3) is 0 Å². The van der Waals surface area contributed by atoms with Crippen LogP contribution >= 0.6 is 0 Å². The predicted molar refractivity (Wildman–Crippen MR) is 35.6 cm³/mol. The van der Waals surface area contributed by atoms with Crippen molar-refractivity contribution in [2.24, 2.45) is 0 Å². The summed E-state index contributed by atoms with van der Waals surface area (Å²) in [7, 11) is 0. The van der Waals surface area contributed by atoms with E-state index >= 15 is 0 Å². The molecule has 0 amide bonds. The normalized spacial score (nSPS) is 0. The standard InChI is InChI=1S/3BH3.K/h3*1H3;. The van der Waals surface area contributed by atoms with E-state index in [4.69, 9.17) is 0 Å². The second kappa shape index (κ2) is 21.1. The van der Waals surface area contributed by atoms with E-state index in [9.17, 15) is 0 Å². The van der Waals surface area contributed by atoms with Crippen molar-refractivity contribution in [2.75, 3.05) is 0 Å². The van der Waals surface area contributed by atoms with Gasteiger partial charge in [0, 0.05) is 51.4 Å². The Morgan fingerprint density at radius 3 is 0.500 bits per heavy atom. The first-order valence-electron chi connectivity index (χ1n) is 0. The minimum absolute atomic E-state index is 0. The molecule has 4 heavy (non-hydrogen) atoms. The summed E-state index contributed by atoms with van der Waals surface area (Å²) in [4.78, 5) is 0. The van der Waals surface area contributed by atoms with Crippen molar-refractivity contribution < 1.29 is 0 Å². The molecule has 0 aromatic rings. The molecule has 0 nitrogen and oxygen atoms in total. The van der Waals surface area contributed by atoms with Gasteiger partial charge in [-0.1, -0.05) is 0 Å². The molecule has 0 bridgehead atoms. The largest absolute Gasteiger partial charge is 0.0814 e. The van der Waals surface area contributed by atoms with Crippen LogP contribution in [0.4, 0.5) is 0 Å². The number of hydrogen-bond acceptors (Lipinski definition) is 0. The second-order valence-electron chi connectivity index (χ2n) is 0. The Balaban J connectivity index is 0. The van der Waals surface area contributed by atoms with Gasteiger partial charge in [0.15, 0.2) is 0 Å². The Labute approximate surface area is 75.3 Å². The summed E-state index contributed by atoms with van der Waals surface area (Å²) in [5.74, 6) is 0. The molecule has 0 saturated heterocycles. The first kappa shape index (κ1) is 40.6. The van der Waals surface area contributed by atoms with Crippen molar-refractivity contribution in [3.8, 4) is 0 Å². The van der Waals surface area contributed by atoms with Gasteiger partial charge in [-0.05, 0) is 0 Å². The van der Waals surface area contributed by atoms with Gasteiger partial charge in [-0.3, -0.25) is 0 Å². The van der Waals surface area contributed by atoms with Gasteiger partial charge in [-0.25, -0.2) is 0 Å². The first-order valence-corrected chi connectivity index (χ1v) is 0. The minimum Gasteiger partial charge on any atom is 0 e. The fraction of sp³-hybridized carbons (Fsp3) is 0. The van der Waals surface area contributed by atoms with Crippen molar-refractivity contribution in [3.05, 3.63) is 0 Å². The van der Waals surface area contributed by atoms with Crippen molar-refractivity contribution >= 4 is 76.6 Å². The van der Waals surface area contributed by atoms with Crippen LogP contribution in [0, 0.1) is 0 Å². The second-order valence-corrected chi connectivity index (χ2v) is 0. The van der Waals surface area contributed by atoms with Crippen LogP contribution in [0.5, 0.6) is 0 Å². The Morgan fingerprint density at radius 2 is 0.500 bits per heavy atom. The molecular formula is H9B3K. The molecule has 0 unspecified atom stereocenters. The van der Waals surface area contributed by atoms with Gasteiger partial charge in [-0.2, -0.15) is 0 Å². The van der Waals surface area contributed by atoms with Gasteiger partial charge in [0.25, 0.3) is 0 Å². The summed E-state index contributed by atoms with van der Waals surface area (Å²) < 4.78 is 0. The summed E-state index contributed by atoms with van der Waals surface area (Å²) in [6, 6.07) is 0. The Bertz CT molecular complexity index is 3.25. The fourth-order valence-corrected chi connectivity index (χ4v) is 0. The van der Waals surface area contributed by atoms with E-state index in [1.54, 1.807) is 0 Å². The first-order chi connectivity index (χ1) is 0. The third-order valence-corrected chi connectivity index (χ3v) is 0. The monoisotopic (exact) mass is 81.1 g/mol. The maximum Gasteiger partial charge on any atom is 0.0814 e. The third-order valence-electron chi connectivity index (χ3n) is 0. The number of hydrogen-bond donors (Lipinski definition) is 0. The summed E-state index contributed by atoms with van der Waals surface area (Å²) in [6.07, 6.45) is 0. The maximum absolute atomic E-state index is 0. The zero-order valence-electron chi connectivity index (χ0n) is 1.00. The molecule has 0 spiro atoms. The molecule has 0 heterocycles. The topological polar surface area (TPSA) is 0 Å². The summed E-state index contributed by atoms with van der Waals surface area (Å²) in [6.45, 7) is 0. The molecule has 0 aliphatic heterocycles. The summed E-state index contributed by atoms with van der Waals surface area (Å²) in [5.41, 5.74) is 0. The Morgan fingerprint density at radius 1 is 0.500 bits per heavy atom. The zero-order valence-corrected chi connectivity index (χ0v) is 4.12. The number of rotatable bonds is 0. The molecule has 0 rings (SSSR count). The van der Waals surface area contributed by atoms with Crippen LogP contribution in [0.1, 0.15) is 0 Å². The van der Waals surface area contributed by atoms with E-state index in [1.807, 2.05) is 0 Å². The molecule has 0 saturated carbocycles. The minimum atomic E-state index is 0. The van der Waals surface area contributed by atoms with Crippen LogP contribution < -0.4 is 0 Å². The predicted octanol–water partition coefficient (Wildman–Crippen LogP) is -3.93. The molecule has 1 radical (unpaired) electrons.